The molecule has 0 amide bonds. The number of fused-ring (bicyclic) bond motifs is 1. The third kappa shape index (κ3) is 3.01. The fourth-order valence-corrected chi connectivity index (χ4v) is 4.21. The minimum atomic E-state index is -0.991. The van der Waals surface area contributed by atoms with Gasteiger partial charge in [-0.15, -0.1) is 0 Å². The van der Waals surface area contributed by atoms with E-state index in [2.05, 4.69) is 4.90 Å². The zero-order valence-electron chi connectivity index (χ0n) is 14.2. The number of carbonyl (C=O) groups is 1. The Labute approximate surface area is 142 Å². The lowest BCUT2D eigenvalue weighted by atomic mass is 9.79. The van der Waals surface area contributed by atoms with Crippen LogP contribution in [0.25, 0.3) is 0 Å². The molecular weight excluding hydrogens is 310 g/mol. The van der Waals surface area contributed by atoms with Crippen LogP contribution in [0.2, 0.25) is 0 Å². The molecule has 2 aliphatic rings. The van der Waals surface area contributed by atoms with E-state index in [4.69, 9.17) is 9.47 Å². The molecule has 3 rings (SSSR count). The second-order valence-electron chi connectivity index (χ2n) is 6.77. The molecule has 1 aromatic carbocycles. The second-order valence-corrected chi connectivity index (χ2v) is 6.77. The van der Waals surface area contributed by atoms with E-state index in [1.54, 1.807) is 19.2 Å². The van der Waals surface area contributed by atoms with Crippen LogP contribution < -0.4 is 4.74 Å². The molecule has 2 N–H and O–H groups in total. The molecule has 1 saturated heterocycles. The first-order chi connectivity index (χ1) is 11.5. The third-order valence-corrected chi connectivity index (χ3v) is 5.55. The average molecular weight is 335 g/mol. The first-order valence-electron chi connectivity index (χ1n) is 8.36. The van der Waals surface area contributed by atoms with Gasteiger partial charge in [0.2, 0.25) is 0 Å². The highest BCUT2D eigenvalue weighted by molar-refractivity contribution is 5.91. The Morgan fingerprint density at radius 1 is 1.38 bits per heavy atom. The summed E-state index contributed by atoms with van der Waals surface area (Å²) in [5.41, 5.74) is 0.928. The predicted molar refractivity (Wildman–Crippen MR) is 88.4 cm³/mol. The van der Waals surface area contributed by atoms with Gasteiger partial charge in [-0.05, 0) is 43.4 Å². The summed E-state index contributed by atoms with van der Waals surface area (Å²) in [7, 11) is 3.22. The van der Waals surface area contributed by atoms with Gasteiger partial charge in [-0.25, -0.2) is 4.79 Å². The van der Waals surface area contributed by atoms with Crippen molar-refractivity contribution < 1.29 is 24.5 Å². The van der Waals surface area contributed by atoms with Crippen molar-refractivity contribution in [1.29, 1.82) is 0 Å². The highest BCUT2D eigenvalue weighted by Crippen LogP contribution is 2.43. The molecule has 1 aliphatic carbocycles. The van der Waals surface area contributed by atoms with Crippen molar-refractivity contribution in [2.24, 2.45) is 0 Å². The van der Waals surface area contributed by atoms with Crippen molar-refractivity contribution in [3.05, 3.63) is 29.3 Å². The Morgan fingerprint density at radius 2 is 2.17 bits per heavy atom. The van der Waals surface area contributed by atoms with Crippen LogP contribution >= 0.6 is 0 Å². The zero-order valence-corrected chi connectivity index (χ0v) is 14.2. The van der Waals surface area contributed by atoms with E-state index in [0.29, 0.717) is 18.7 Å². The molecule has 6 nitrogen and oxygen atoms in total. The van der Waals surface area contributed by atoms with Crippen LogP contribution in [0.15, 0.2) is 18.2 Å². The number of aromatic carboxylic acids is 1. The van der Waals surface area contributed by atoms with Gasteiger partial charge in [-0.1, -0.05) is 6.07 Å². The molecule has 1 aliphatic heterocycles. The predicted octanol–water partition coefficient (Wildman–Crippen LogP) is 1.90. The molecule has 2 fully saturated rings. The van der Waals surface area contributed by atoms with E-state index in [9.17, 15) is 15.0 Å². The second kappa shape index (κ2) is 6.70. The highest BCUT2D eigenvalue weighted by Gasteiger charge is 2.50. The largest absolute Gasteiger partial charge is 0.496 e. The number of aliphatic hydroxyl groups excluding tert-OH is 1. The van der Waals surface area contributed by atoms with E-state index < -0.39 is 5.97 Å². The maximum Gasteiger partial charge on any atom is 0.339 e. The summed E-state index contributed by atoms with van der Waals surface area (Å²) in [6.45, 7) is 1.53. The Balaban J connectivity index is 1.81. The van der Waals surface area contributed by atoms with Crippen LogP contribution in [0.4, 0.5) is 0 Å². The molecule has 3 atom stereocenters. The van der Waals surface area contributed by atoms with Gasteiger partial charge in [0.1, 0.15) is 11.3 Å². The van der Waals surface area contributed by atoms with Crippen LogP contribution in [0.5, 0.6) is 5.75 Å². The standard InChI is InChI=1S/C18H25NO5/c1-23-15-4-3-12(9-14(15)17(21)22)11-19-8-7-18(24-2)6-5-13(20)10-16(18)19/h3-4,9,13,16,20H,5-8,10-11H2,1-2H3,(H,21,22)/t13-,16-,18+/m0/s1. The molecular formula is C18H25NO5. The lowest BCUT2D eigenvalue weighted by Crippen LogP contribution is -2.51. The molecule has 0 spiro atoms. The highest BCUT2D eigenvalue weighted by atomic mass is 16.5. The first-order valence-corrected chi connectivity index (χ1v) is 8.36. The normalized spacial score (nSPS) is 30.1. The van der Waals surface area contributed by atoms with Crippen LogP contribution in [-0.2, 0) is 11.3 Å². The van der Waals surface area contributed by atoms with Crippen LogP contribution in [0, 0.1) is 0 Å². The maximum absolute atomic E-state index is 11.4. The van der Waals surface area contributed by atoms with E-state index in [0.717, 1.165) is 31.4 Å². The molecule has 6 heteroatoms. The number of hydrogen-bond donors (Lipinski definition) is 2. The topological polar surface area (TPSA) is 79.2 Å². The Hall–Kier alpha value is -1.63. The summed E-state index contributed by atoms with van der Waals surface area (Å²) < 4.78 is 11.0. The molecule has 1 aromatic rings. The fourth-order valence-electron chi connectivity index (χ4n) is 4.21. The van der Waals surface area contributed by atoms with E-state index >= 15 is 0 Å². The number of benzene rings is 1. The van der Waals surface area contributed by atoms with Gasteiger partial charge in [-0.3, -0.25) is 4.90 Å². The van der Waals surface area contributed by atoms with Gasteiger partial charge in [0.05, 0.1) is 18.8 Å². The minimum Gasteiger partial charge on any atom is -0.496 e. The number of carboxylic acids is 1. The van der Waals surface area contributed by atoms with Gasteiger partial charge in [-0.2, -0.15) is 0 Å². The molecule has 132 valence electrons. The average Bonchev–Trinajstić information content (AvgIpc) is 2.93. The summed E-state index contributed by atoms with van der Waals surface area (Å²) in [5, 5.41) is 19.4. The van der Waals surface area contributed by atoms with Crippen LogP contribution in [-0.4, -0.2) is 59.6 Å². The Kier molecular flexibility index (Phi) is 4.80. The van der Waals surface area contributed by atoms with Crippen molar-refractivity contribution in [2.45, 2.75) is 50.0 Å². The van der Waals surface area contributed by atoms with Crippen LogP contribution in [0.3, 0.4) is 0 Å². The molecule has 1 heterocycles. The van der Waals surface area contributed by atoms with E-state index in [-0.39, 0.29) is 23.3 Å². The molecule has 24 heavy (non-hydrogen) atoms. The van der Waals surface area contributed by atoms with Gasteiger partial charge >= 0.3 is 5.97 Å². The quantitative estimate of drug-likeness (QED) is 0.855. The number of likely N-dealkylation sites (tertiary alicyclic amines) is 1. The molecule has 0 unspecified atom stereocenters. The number of carboxylic acid groups (broad SMARTS) is 1. The Morgan fingerprint density at radius 3 is 2.83 bits per heavy atom. The monoisotopic (exact) mass is 335 g/mol. The summed E-state index contributed by atoms with van der Waals surface area (Å²) >= 11 is 0. The summed E-state index contributed by atoms with van der Waals surface area (Å²) in [4.78, 5) is 13.7. The smallest absolute Gasteiger partial charge is 0.339 e. The summed E-state index contributed by atoms with van der Waals surface area (Å²) in [5.74, 6) is -0.624. The molecule has 1 saturated carbocycles. The van der Waals surface area contributed by atoms with Gasteiger partial charge < -0.3 is 19.7 Å². The van der Waals surface area contributed by atoms with Crippen molar-refractivity contribution in [2.75, 3.05) is 20.8 Å². The number of nitrogens with zero attached hydrogens (tertiary/aromatic N) is 1. The minimum absolute atomic E-state index is 0.168. The number of methoxy groups -OCH3 is 2. The van der Waals surface area contributed by atoms with E-state index in [1.165, 1.54) is 7.11 Å². The van der Waals surface area contributed by atoms with Gasteiger partial charge in [0.15, 0.2) is 0 Å². The fraction of sp³-hybridized carbons (Fsp3) is 0.611. The molecule has 0 radical (unpaired) electrons. The molecule has 0 bridgehead atoms. The summed E-state index contributed by atoms with van der Waals surface area (Å²) in [6, 6.07) is 5.44. The van der Waals surface area contributed by atoms with Crippen LogP contribution in [0.1, 0.15) is 41.6 Å². The van der Waals surface area contributed by atoms with Crippen molar-refractivity contribution in [3.63, 3.8) is 0 Å². The lowest BCUT2D eigenvalue weighted by Gasteiger charge is -2.42. The number of aliphatic hydroxyl groups is 1. The maximum atomic E-state index is 11.4. The van der Waals surface area contributed by atoms with Crippen molar-refractivity contribution >= 4 is 5.97 Å². The third-order valence-electron chi connectivity index (χ3n) is 5.55. The first kappa shape index (κ1) is 17.2. The number of hydrogen-bond acceptors (Lipinski definition) is 5. The molecule has 0 aromatic heterocycles. The summed E-state index contributed by atoms with van der Waals surface area (Å²) in [6.07, 6.45) is 3.02. The van der Waals surface area contributed by atoms with Gasteiger partial charge in [0, 0.05) is 26.2 Å². The SMILES string of the molecule is COc1ccc(CN2CC[C@]3(OC)CC[C@H](O)C[C@H]23)cc1C(=O)O. The number of rotatable bonds is 5. The number of ether oxygens (including phenoxy) is 2. The van der Waals surface area contributed by atoms with Crippen molar-refractivity contribution in [3.8, 4) is 5.75 Å². The zero-order chi connectivity index (χ0) is 17.3. The Bertz CT molecular complexity index is 619. The van der Waals surface area contributed by atoms with Crippen molar-refractivity contribution in [1.82, 2.24) is 4.90 Å². The van der Waals surface area contributed by atoms with Gasteiger partial charge in [0.25, 0.3) is 0 Å². The van der Waals surface area contributed by atoms with E-state index in [1.807, 2.05) is 6.07 Å². The lowest BCUT2D eigenvalue weighted by molar-refractivity contribution is -0.0879.